The molecule has 0 radical (unpaired) electrons. The number of hydrogen-bond donors (Lipinski definition) is 1. The third-order valence-electron chi connectivity index (χ3n) is 3.27. The Morgan fingerprint density at radius 2 is 1.79 bits per heavy atom. The van der Waals surface area contributed by atoms with Crippen LogP contribution < -0.4 is 5.32 Å². The lowest BCUT2D eigenvalue weighted by Gasteiger charge is -2.09. The van der Waals surface area contributed by atoms with Crippen molar-refractivity contribution >= 4 is 0 Å². The highest BCUT2D eigenvalue weighted by Gasteiger charge is 2.01. The molecule has 0 spiro atoms. The van der Waals surface area contributed by atoms with E-state index in [0.29, 0.717) is 0 Å². The number of aromatic nitrogens is 1. The Morgan fingerprint density at radius 1 is 1.05 bits per heavy atom. The minimum atomic E-state index is 0.830. The van der Waals surface area contributed by atoms with Crippen LogP contribution in [0.2, 0.25) is 0 Å². The topological polar surface area (TPSA) is 24.9 Å². The van der Waals surface area contributed by atoms with E-state index in [1.807, 2.05) is 12.3 Å². The summed E-state index contributed by atoms with van der Waals surface area (Å²) in [5, 5.41) is 3.48. The zero-order valence-electron chi connectivity index (χ0n) is 12.0. The maximum atomic E-state index is 4.45. The van der Waals surface area contributed by atoms with Crippen LogP contribution in [-0.2, 0) is 19.5 Å². The molecule has 0 bridgehead atoms. The van der Waals surface area contributed by atoms with E-state index in [4.69, 9.17) is 0 Å². The molecule has 0 unspecified atom stereocenters. The van der Waals surface area contributed by atoms with E-state index in [9.17, 15) is 0 Å². The summed E-state index contributed by atoms with van der Waals surface area (Å²) in [7, 11) is 0. The van der Waals surface area contributed by atoms with Gasteiger partial charge in [0.25, 0.3) is 0 Å². The molecule has 2 nitrogen and oxygen atoms in total. The molecule has 2 heteroatoms. The lowest BCUT2D eigenvalue weighted by Crippen LogP contribution is -2.15. The number of aryl methyl sites for hydroxylation is 3. The zero-order valence-corrected chi connectivity index (χ0v) is 12.0. The van der Waals surface area contributed by atoms with Crippen molar-refractivity contribution in [3.05, 3.63) is 64.5 Å². The fraction of sp³-hybridized carbons (Fsp3) is 0.353. The molecule has 2 aromatic rings. The molecular weight excluding hydrogens is 232 g/mol. The van der Waals surface area contributed by atoms with Gasteiger partial charge in [-0.2, -0.15) is 0 Å². The maximum absolute atomic E-state index is 4.45. The van der Waals surface area contributed by atoms with Crippen LogP contribution >= 0.6 is 0 Å². The second kappa shape index (κ2) is 6.48. The van der Waals surface area contributed by atoms with E-state index in [2.05, 4.69) is 55.3 Å². The summed E-state index contributed by atoms with van der Waals surface area (Å²) >= 11 is 0. The van der Waals surface area contributed by atoms with Gasteiger partial charge in [0.2, 0.25) is 0 Å². The molecule has 19 heavy (non-hydrogen) atoms. The van der Waals surface area contributed by atoms with E-state index in [0.717, 1.165) is 25.2 Å². The Balaban J connectivity index is 1.96. The van der Waals surface area contributed by atoms with Gasteiger partial charge in [0, 0.05) is 19.3 Å². The van der Waals surface area contributed by atoms with E-state index in [1.54, 1.807) is 0 Å². The first kappa shape index (κ1) is 13.8. The summed E-state index contributed by atoms with van der Waals surface area (Å²) in [4.78, 5) is 4.45. The highest BCUT2D eigenvalue weighted by molar-refractivity contribution is 5.28. The molecule has 1 N–H and O–H groups in total. The average molecular weight is 254 g/mol. The van der Waals surface area contributed by atoms with E-state index >= 15 is 0 Å². The number of hydrogen-bond acceptors (Lipinski definition) is 2. The van der Waals surface area contributed by atoms with Crippen molar-refractivity contribution in [1.29, 1.82) is 0 Å². The maximum Gasteiger partial charge on any atom is 0.0573 e. The Labute approximate surface area is 115 Å². The summed E-state index contributed by atoms with van der Waals surface area (Å²) in [6.45, 7) is 8.18. The highest BCUT2D eigenvalue weighted by Crippen LogP contribution is 2.10. The number of nitrogens with one attached hydrogen (secondary N) is 1. The van der Waals surface area contributed by atoms with Gasteiger partial charge < -0.3 is 5.32 Å². The molecule has 0 aliphatic rings. The largest absolute Gasteiger partial charge is 0.307 e. The van der Waals surface area contributed by atoms with Crippen LogP contribution in [0.4, 0.5) is 0 Å². The quantitative estimate of drug-likeness (QED) is 0.882. The zero-order chi connectivity index (χ0) is 13.7. The fourth-order valence-corrected chi connectivity index (χ4v) is 2.45. The molecule has 0 aliphatic heterocycles. The molecule has 2 rings (SSSR count). The van der Waals surface area contributed by atoms with Gasteiger partial charge in [0.05, 0.1) is 5.69 Å². The molecule has 1 aromatic heterocycles. The van der Waals surface area contributed by atoms with Gasteiger partial charge in [-0.15, -0.1) is 0 Å². The normalized spacial score (nSPS) is 10.7. The molecule has 0 saturated carbocycles. The molecule has 0 atom stereocenters. The molecular formula is C17H22N2. The second-order valence-electron chi connectivity index (χ2n) is 5.06. The van der Waals surface area contributed by atoms with E-state index in [-0.39, 0.29) is 0 Å². The summed E-state index contributed by atoms with van der Waals surface area (Å²) in [5.41, 5.74) is 6.48. The monoisotopic (exact) mass is 254 g/mol. The van der Waals surface area contributed by atoms with Gasteiger partial charge >= 0.3 is 0 Å². The Bertz CT molecular complexity index is 526. The smallest absolute Gasteiger partial charge is 0.0573 e. The first-order valence-electron chi connectivity index (χ1n) is 6.89. The van der Waals surface area contributed by atoms with Crippen molar-refractivity contribution in [2.75, 3.05) is 0 Å². The van der Waals surface area contributed by atoms with Gasteiger partial charge in [-0.05, 0) is 37.5 Å². The molecule has 1 aromatic carbocycles. The summed E-state index contributed by atoms with van der Waals surface area (Å²) in [6.07, 6.45) is 2.90. The number of rotatable bonds is 5. The standard InChI is InChI=1S/C17H22N2/c1-4-16-6-5-7-19-17(16)12-18-11-15-9-13(2)8-14(3)10-15/h5-10,18H,4,11-12H2,1-3H3. The Hall–Kier alpha value is -1.67. The minimum absolute atomic E-state index is 0.830. The number of benzene rings is 1. The van der Waals surface area contributed by atoms with Gasteiger partial charge in [0.1, 0.15) is 0 Å². The molecule has 100 valence electrons. The van der Waals surface area contributed by atoms with Gasteiger partial charge in [-0.25, -0.2) is 0 Å². The lowest BCUT2D eigenvalue weighted by atomic mass is 10.1. The second-order valence-corrected chi connectivity index (χ2v) is 5.06. The van der Waals surface area contributed by atoms with Gasteiger partial charge in [-0.1, -0.05) is 42.3 Å². The van der Waals surface area contributed by atoms with Crippen LogP contribution in [0.25, 0.3) is 0 Å². The van der Waals surface area contributed by atoms with Gasteiger partial charge in [0.15, 0.2) is 0 Å². The SMILES string of the molecule is CCc1cccnc1CNCc1cc(C)cc(C)c1. The minimum Gasteiger partial charge on any atom is -0.307 e. The van der Waals surface area contributed by atoms with Crippen molar-refractivity contribution in [2.24, 2.45) is 0 Å². The van der Waals surface area contributed by atoms with Crippen LogP contribution in [0.3, 0.4) is 0 Å². The first-order chi connectivity index (χ1) is 9.19. The van der Waals surface area contributed by atoms with Crippen molar-refractivity contribution in [3.8, 4) is 0 Å². The van der Waals surface area contributed by atoms with Gasteiger partial charge in [-0.3, -0.25) is 4.98 Å². The number of nitrogens with zero attached hydrogens (tertiary/aromatic N) is 1. The summed E-state index contributed by atoms with van der Waals surface area (Å²) in [5.74, 6) is 0. The Morgan fingerprint density at radius 3 is 2.47 bits per heavy atom. The summed E-state index contributed by atoms with van der Waals surface area (Å²) in [6, 6.07) is 10.8. The third-order valence-corrected chi connectivity index (χ3v) is 3.27. The lowest BCUT2D eigenvalue weighted by molar-refractivity contribution is 0.673. The van der Waals surface area contributed by atoms with Crippen LogP contribution in [0.15, 0.2) is 36.5 Å². The number of pyridine rings is 1. The third kappa shape index (κ3) is 3.90. The van der Waals surface area contributed by atoms with Crippen molar-refractivity contribution < 1.29 is 0 Å². The predicted molar refractivity (Wildman–Crippen MR) is 80.1 cm³/mol. The molecule has 1 heterocycles. The molecule has 0 amide bonds. The van der Waals surface area contributed by atoms with Crippen LogP contribution in [0.1, 0.15) is 34.9 Å². The molecule has 0 saturated heterocycles. The predicted octanol–water partition coefficient (Wildman–Crippen LogP) is 3.55. The van der Waals surface area contributed by atoms with Crippen molar-refractivity contribution in [2.45, 2.75) is 40.3 Å². The average Bonchev–Trinajstić information content (AvgIpc) is 2.38. The molecule has 0 fully saturated rings. The Kier molecular flexibility index (Phi) is 4.69. The van der Waals surface area contributed by atoms with Crippen molar-refractivity contribution in [3.63, 3.8) is 0 Å². The summed E-state index contributed by atoms with van der Waals surface area (Å²) < 4.78 is 0. The first-order valence-corrected chi connectivity index (χ1v) is 6.89. The van der Waals surface area contributed by atoms with E-state index < -0.39 is 0 Å². The highest BCUT2D eigenvalue weighted by atomic mass is 14.9. The van der Waals surface area contributed by atoms with Crippen molar-refractivity contribution in [1.82, 2.24) is 10.3 Å². The van der Waals surface area contributed by atoms with Crippen LogP contribution in [0, 0.1) is 13.8 Å². The molecule has 0 aliphatic carbocycles. The fourth-order valence-electron chi connectivity index (χ4n) is 2.45. The van der Waals surface area contributed by atoms with E-state index in [1.165, 1.54) is 22.3 Å². The van der Waals surface area contributed by atoms with Crippen LogP contribution in [-0.4, -0.2) is 4.98 Å². The van der Waals surface area contributed by atoms with Crippen LogP contribution in [0.5, 0.6) is 0 Å².